The number of aryl methyl sites for hydroxylation is 1. The number of aliphatic imine (C=N–C) groups is 1. The van der Waals surface area contributed by atoms with Gasteiger partial charge in [0.1, 0.15) is 0 Å². The summed E-state index contributed by atoms with van der Waals surface area (Å²) in [5.74, 6) is 0.938. The van der Waals surface area contributed by atoms with Gasteiger partial charge in [-0.25, -0.2) is 0 Å². The Labute approximate surface area is 169 Å². The van der Waals surface area contributed by atoms with Crippen molar-refractivity contribution in [2.75, 3.05) is 52.5 Å². The van der Waals surface area contributed by atoms with E-state index in [4.69, 9.17) is 4.74 Å². The second-order valence-electron chi connectivity index (χ2n) is 6.08. The van der Waals surface area contributed by atoms with E-state index in [2.05, 4.69) is 57.8 Å². The smallest absolute Gasteiger partial charge is 0.191 e. The molecule has 0 spiro atoms. The molecule has 0 bridgehead atoms. The van der Waals surface area contributed by atoms with Crippen LogP contribution in [0.2, 0.25) is 0 Å². The molecule has 5 nitrogen and oxygen atoms in total. The Morgan fingerprint density at radius 2 is 1.88 bits per heavy atom. The van der Waals surface area contributed by atoms with E-state index >= 15 is 0 Å². The molecule has 1 saturated heterocycles. The Kier molecular flexibility index (Phi) is 12.7. The second kappa shape index (κ2) is 14.3. The van der Waals surface area contributed by atoms with E-state index in [1.54, 1.807) is 0 Å². The van der Waals surface area contributed by atoms with Crippen molar-refractivity contribution in [1.82, 2.24) is 15.5 Å². The van der Waals surface area contributed by atoms with Crippen molar-refractivity contribution in [1.29, 1.82) is 0 Å². The number of hydrogen-bond donors (Lipinski definition) is 2. The Balaban J connectivity index is 0.00000312. The molecular weight excluding hydrogens is 427 g/mol. The van der Waals surface area contributed by atoms with Crippen molar-refractivity contribution < 1.29 is 4.74 Å². The summed E-state index contributed by atoms with van der Waals surface area (Å²) in [5, 5.41) is 6.76. The zero-order valence-electron chi connectivity index (χ0n) is 15.4. The van der Waals surface area contributed by atoms with Crippen LogP contribution < -0.4 is 10.6 Å². The number of ether oxygens (including phenoxy) is 1. The van der Waals surface area contributed by atoms with Crippen LogP contribution in [-0.2, 0) is 11.2 Å². The number of benzene rings is 1. The first-order valence-corrected chi connectivity index (χ1v) is 9.24. The number of hydrogen-bond acceptors (Lipinski definition) is 3. The summed E-state index contributed by atoms with van der Waals surface area (Å²) >= 11 is 0. The SMILES string of the molecule is CCNC(=NCCCc1ccccc1)NCCCN1CCOCC1.I. The molecule has 6 heteroatoms. The molecule has 2 rings (SSSR count). The molecule has 142 valence electrons. The van der Waals surface area contributed by atoms with Crippen molar-refractivity contribution in [2.24, 2.45) is 4.99 Å². The van der Waals surface area contributed by atoms with E-state index in [1.165, 1.54) is 5.56 Å². The van der Waals surface area contributed by atoms with Gasteiger partial charge in [0.2, 0.25) is 0 Å². The van der Waals surface area contributed by atoms with Gasteiger partial charge >= 0.3 is 0 Å². The molecule has 1 fully saturated rings. The molecule has 0 atom stereocenters. The van der Waals surface area contributed by atoms with Crippen LogP contribution in [0.3, 0.4) is 0 Å². The first-order chi connectivity index (χ1) is 11.9. The molecule has 0 aliphatic carbocycles. The van der Waals surface area contributed by atoms with Gasteiger partial charge in [0.05, 0.1) is 13.2 Å². The van der Waals surface area contributed by atoms with Crippen LogP contribution in [0.4, 0.5) is 0 Å². The van der Waals surface area contributed by atoms with E-state index in [9.17, 15) is 0 Å². The summed E-state index contributed by atoms with van der Waals surface area (Å²) < 4.78 is 5.38. The summed E-state index contributed by atoms with van der Waals surface area (Å²) in [6.45, 7) is 9.82. The summed E-state index contributed by atoms with van der Waals surface area (Å²) in [6.07, 6.45) is 3.30. The third-order valence-corrected chi connectivity index (χ3v) is 4.13. The van der Waals surface area contributed by atoms with Crippen molar-refractivity contribution in [3.63, 3.8) is 0 Å². The average Bonchev–Trinajstić information content (AvgIpc) is 2.64. The van der Waals surface area contributed by atoms with Gasteiger partial charge in [-0.05, 0) is 38.3 Å². The Morgan fingerprint density at radius 1 is 1.12 bits per heavy atom. The highest BCUT2D eigenvalue weighted by Gasteiger charge is 2.09. The van der Waals surface area contributed by atoms with E-state index in [0.717, 1.165) is 77.7 Å². The lowest BCUT2D eigenvalue weighted by molar-refractivity contribution is 0.0376. The fraction of sp³-hybridized carbons (Fsp3) is 0.632. The predicted molar refractivity (Wildman–Crippen MR) is 116 cm³/mol. The van der Waals surface area contributed by atoms with Gasteiger partial charge in [-0.15, -0.1) is 24.0 Å². The van der Waals surface area contributed by atoms with Crippen LogP contribution in [0.1, 0.15) is 25.3 Å². The normalized spacial score (nSPS) is 15.5. The Hall–Kier alpha value is -0.860. The lowest BCUT2D eigenvalue weighted by atomic mass is 10.1. The van der Waals surface area contributed by atoms with Crippen LogP contribution in [0.25, 0.3) is 0 Å². The molecular formula is C19H33IN4O. The van der Waals surface area contributed by atoms with Gasteiger partial charge in [-0.2, -0.15) is 0 Å². The van der Waals surface area contributed by atoms with Crippen molar-refractivity contribution >= 4 is 29.9 Å². The molecule has 1 aromatic carbocycles. The van der Waals surface area contributed by atoms with Gasteiger partial charge in [0.25, 0.3) is 0 Å². The summed E-state index contributed by atoms with van der Waals surface area (Å²) in [7, 11) is 0. The van der Waals surface area contributed by atoms with Gasteiger partial charge in [-0.1, -0.05) is 30.3 Å². The molecule has 1 aromatic rings. The van der Waals surface area contributed by atoms with Gasteiger partial charge < -0.3 is 15.4 Å². The van der Waals surface area contributed by atoms with Crippen LogP contribution in [0.15, 0.2) is 35.3 Å². The Morgan fingerprint density at radius 3 is 2.60 bits per heavy atom. The highest BCUT2D eigenvalue weighted by atomic mass is 127. The molecule has 1 aliphatic heterocycles. The van der Waals surface area contributed by atoms with E-state index in [0.29, 0.717) is 0 Å². The molecule has 1 heterocycles. The van der Waals surface area contributed by atoms with E-state index in [-0.39, 0.29) is 24.0 Å². The first kappa shape index (κ1) is 22.2. The first-order valence-electron chi connectivity index (χ1n) is 9.24. The largest absolute Gasteiger partial charge is 0.379 e. The zero-order chi connectivity index (χ0) is 16.9. The maximum Gasteiger partial charge on any atom is 0.191 e. The summed E-state index contributed by atoms with van der Waals surface area (Å²) in [5.41, 5.74) is 1.39. The minimum absolute atomic E-state index is 0. The zero-order valence-corrected chi connectivity index (χ0v) is 17.7. The fourth-order valence-electron chi connectivity index (χ4n) is 2.79. The molecule has 25 heavy (non-hydrogen) atoms. The van der Waals surface area contributed by atoms with Gasteiger partial charge in [-0.3, -0.25) is 9.89 Å². The van der Waals surface area contributed by atoms with E-state index in [1.807, 2.05) is 0 Å². The van der Waals surface area contributed by atoms with Crippen LogP contribution in [-0.4, -0.2) is 63.3 Å². The van der Waals surface area contributed by atoms with Crippen molar-refractivity contribution in [3.8, 4) is 0 Å². The lowest BCUT2D eigenvalue weighted by Gasteiger charge is -2.26. The monoisotopic (exact) mass is 460 g/mol. The maximum atomic E-state index is 5.38. The molecule has 0 radical (unpaired) electrons. The number of nitrogens with zero attached hydrogens (tertiary/aromatic N) is 2. The van der Waals surface area contributed by atoms with Crippen LogP contribution in [0.5, 0.6) is 0 Å². The summed E-state index contributed by atoms with van der Waals surface area (Å²) in [4.78, 5) is 7.14. The number of nitrogens with one attached hydrogen (secondary N) is 2. The quantitative estimate of drug-likeness (QED) is 0.258. The number of halogens is 1. The number of rotatable bonds is 9. The maximum absolute atomic E-state index is 5.38. The standard InChI is InChI=1S/C19H32N4O.HI/c1-2-20-19(21-11-6-10-18-8-4-3-5-9-18)22-12-7-13-23-14-16-24-17-15-23;/h3-5,8-9H,2,6-7,10-17H2,1H3,(H2,20,21,22);1H. The third-order valence-electron chi connectivity index (χ3n) is 4.13. The molecule has 0 amide bonds. The number of guanidine groups is 1. The minimum atomic E-state index is 0. The van der Waals surface area contributed by atoms with Crippen LogP contribution in [0, 0.1) is 0 Å². The van der Waals surface area contributed by atoms with E-state index < -0.39 is 0 Å². The van der Waals surface area contributed by atoms with Gasteiger partial charge in [0, 0.05) is 32.7 Å². The highest BCUT2D eigenvalue weighted by Crippen LogP contribution is 2.02. The van der Waals surface area contributed by atoms with Crippen LogP contribution >= 0.6 is 24.0 Å². The fourth-order valence-corrected chi connectivity index (χ4v) is 2.79. The second-order valence-corrected chi connectivity index (χ2v) is 6.08. The topological polar surface area (TPSA) is 48.9 Å². The summed E-state index contributed by atoms with van der Waals surface area (Å²) in [6, 6.07) is 10.6. The molecule has 0 aromatic heterocycles. The average molecular weight is 460 g/mol. The Bertz CT molecular complexity index is 464. The lowest BCUT2D eigenvalue weighted by Crippen LogP contribution is -2.40. The van der Waals surface area contributed by atoms with Crippen molar-refractivity contribution in [2.45, 2.75) is 26.2 Å². The molecule has 0 unspecified atom stereocenters. The number of morpholine rings is 1. The third kappa shape index (κ3) is 10.0. The molecule has 0 saturated carbocycles. The minimum Gasteiger partial charge on any atom is -0.379 e. The van der Waals surface area contributed by atoms with Crippen molar-refractivity contribution in [3.05, 3.63) is 35.9 Å². The highest BCUT2D eigenvalue weighted by molar-refractivity contribution is 14.0. The van der Waals surface area contributed by atoms with Gasteiger partial charge in [0.15, 0.2) is 5.96 Å². The molecule has 1 aliphatic rings. The predicted octanol–water partition coefficient (Wildman–Crippen LogP) is 2.51. The molecule has 2 N–H and O–H groups in total.